The van der Waals surface area contributed by atoms with Crippen LogP contribution in [0, 0.1) is 13.8 Å². The molecule has 1 aromatic heterocycles. The van der Waals surface area contributed by atoms with Gasteiger partial charge in [-0.25, -0.2) is 4.98 Å². The molecule has 17 heavy (non-hydrogen) atoms. The highest BCUT2D eigenvalue weighted by atomic mass is 79.9. The van der Waals surface area contributed by atoms with E-state index in [1.807, 2.05) is 18.2 Å². The average Bonchev–Trinajstić information content (AvgIpc) is 2.57. The Balaban J connectivity index is 2.07. The number of aryl methyl sites for hydroxylation is 2. The van der Waals surface area contributed by atoms with Crippen molar-refractivity contribution in [3.8, 4) is 0 Å². The first kappa shape index (κ1) is 12.9. The van der Waals surface area contributed by atoms with Gasteiger partial charge in [-0.3, -0.25) is 0 Å². The Morgan fingerprint density at radius 1 is 1.41 bits per heavy atom. The summed E-state index contributed by atoms with van der Waals surface area (Å²) in [4.78, 5) is 7.03. The quantitative estimate of drug-likeness (QED) is 0.670. The van der Waals surface area contributed by atoms with Gasteiger partial charge in [0.05, 0.1) is 11.4 Å². The van der Waals surface area contributed by atoms with Crippen molar-refractivity contribution in [1.82, 2.24) is 4.98 Å². The smallest absolute Gasteiger partial charge is 0.103 e. The van der Waals surface area contributed by atoms with Crippen molar-refractivity contribution >= 4 is 44.7 Å². The summed E-state index contributed by atoms with van der Waals surface area (Å²) < 4.78 is 1.05. The molecule has 2 N–H and O–H groups in total. The van der Waals surface area contributed by atoms with Gasteiger partial charge in [-0.1, -0.05) is 0 Å². The average molecular weight is 329 g/mol. The van der Waals surface area contributed by atoms with E-state index in [0.29, 0.717) is 0 Å². The second-order valence-corrected chi connectivity index (χ2v) is 6.89. The van der Waals surface area contributed by atoms with Crippen LogP contribution >= 0.6 is 39.0 Å². The SMILES string of the molecule is Cc1nc(CSc2ccc(N)cc2Br)sc1C. The van der Waals surface area contributed by atoms with Crippen molar-refractivity contribution in [3.63, 3.8) is 0 Å². The van der Waals surface area contributed by atoms with Crippen molar-refractivity contribution < 1.29 is 0 Å². The minimum absolute atomic E-state index is 0.780. The summed E-state index contributed by atoms with van der Waals surface area (Å²) in [6.45, 7) is 4.17. The lowest BCUT2D eigenvalue weighted by Gasteiger charge is -2.03. The molecule has 5 heteroatoms. The zero-order valence-electron chi connectivity index (χ0n) is 9.66. The van der Waals surface area contributed by atoms with Crippen LogP contribution in [-0.4, -0.2) is 4.98 Å². The number of anilines is 1. The molecule has 1 aromatic carbocycles. The van der Waals surface area contributed by atoms with Gasteiger partial charge in [0.2, 0.25) is 0 Å². The Labute approximate surface area is 118 Å². The van der Waals surface area contributed by atoms with Gasteiger partial charge in [-0.15, -0.1) is 23.1 Å². The molecule has 2 nitrogen and oxygen atoms in total. The Morgan fingerprint density at radius 2 is 2.18 bits per heavy atom. The highest BCUT2D eigenvalue weighted by Gasteiger charge is 2.06. The van der Waals surface area contributed by atoms with Crippen molar-refractivity contribution in [2.45, 2.75) is 24.5 Å². The molecule has 0 atom stereocenters. The normalized spacial score (nSPS) is 10.8. The molecule has 2 rings (SSSR count). The molecule has 0 amide bonds. The van der Waals surface area contributed by atoms with Crippen LogP contribution in [0.25, 0.3) is 0 Å². The minimum atomic E-state index is 0.780. The number of thioether (sulfide) groups is 1. The van der Waals surface area contributed by atoms with E-state index in [2.05, 4.69) is 34.8 Å². The van der Waals surface area contributed by atoms with E-state index in [0.717, 1.165) is 21.6 Å². The van der Waals surface area contributed by atoms with Crippen molar-refractivity contribution in [2.24, 2.45) is 0 Å². The highest BCUT2D eigenvalue weighted by Crippen LogP contribution is 2.32. The van der Waals surface area contributed by atoms with E-state index in [1.54, 1.807) is 23.1 Å². The van der Waals surface area contributed by atoms with Crippen LogP contribution in [0.5, 0.6) is 0 Å². The number of nitrogens with two attached hydrogens (primary N) is 1. The second kappa shape index (κ2) is 5.42. The Bertz CT molecular complexity index is 518. The van der Waals surface area contributed by atoms with Gasteiger partial charge in [-0.2, -0.15) is 0 Å². The molecule has 0 aliphatic rings. The zero-order valence-corrected chi connectivity index (χ0v) is 12.9. The van der Waals surface area contributed by atoms with Gasteiger partial charge in [-0.05, 0) is 48.0 Å². The number of hydrogen-bond donors (Lipinski definition) is 1. The van der Waals surface area contributed by atoms with E-state index in [4.69, 9.17) is 5.73 Å². The molecule has 0 radical (unpaired) electrons. The summed E-state index contributed by atoms with van der Waals surface area (Å²) >= 11 is 7.07. The summed E-state index contributed by atoms with van der Waals surface area (Å²) in [6.07, 6.45) is 0. The fraction of sp³-hybridized carbons (Fsp3) is 0.250. The van der Waals surface area contributed by atoms with Crippen LogP contribution in [0.1, 0.15) is 15.6 Å². The van der Waals surface area contributed by atoms with Crippen LogP contribution in [0.4, 0.5) is 5.69 Å². The number of nitrogens with zero attached hydrogens (tertiary/aromatic N) is 1. The maximum Gasteiger partial charge on any atom is 0.103 e. The maximum atomic E-state index is 5.71. The molecular formula is C12H13BrN2S2. The van der Waals surface area contributed by atoms with Gasteiger partial charge in [0, 0.05) is 19.9 Å². The van der Waals surface area contributed by atoms with Gasteiger partial charge < -0.3 is 5.73 Å². The number of aromatic nitrogens is 1. The lowest BCUT2D eigenvalue weighted by atomic mass is 10.3. The molecule has 1 heterocycles. The monoisotopic (exact) mass is 328 g/mol. The fourth-order valence-electron chi connectivity index (χ4n) is 1.37. The topological polar surface area (TPSA) is 38.9 Å². The Morgan fingerprint density at radius 3 is 2.76 bits per heavy atom. The molecule has 2 aromatic rings. The molecule has 0 bridgehead atoms. The number of benzene rings is 1. The third kappa shape index (κ3) is 3.24. The number of halogens is 1. The zero-order chi connectivity index (χ0) is 12.4. The highest BCUT2D eigenvalue weighted by molar-refractivity contribution is 9.10. The maximum absolute atomic E-state index is 5.71. The molecule has 0 saturated carbocycles. The van der Waals surface area contributed by atoms with Gasteiger partial charge in [0.25, 0.3) is 0 Å². The predicted molar refractivity (Wildman–Crippen MR) is 79.7 cm³/mol. The van der Waals surface area contributed by atoms with Gasteiger partial charge in [0.1, 0.15) is 5.01 Å². The molecule has 0 spiro atoms. The van der Waals surface area contributed by atoms with E-state index >= 15 is 0 Å². The largest absolute Gasteiger partial charge is 0.399 e. The fourth-order valence-corrected chi connectivity index (χ4v) is 3.96. The summed E-state index contributed by atoms with van der Waals surface area (Å²) in [5.41, 5.74) is 7.63. The van der Waals surface area contributed by atoms with Crippen LogP contribution < -0.4 is 5.73 Å². The summed E-state index contributed by atoms with van der Waals surface area (Å²) in [5, 5.41) is 1.17. The molecule has 0 saturated heterocycles. The van der Waals surface area contributed by atoms with Crippen LogP contribution in [0.2, 0.25) is 0 Å². The summed E-state index contributed by atoms with van der Waals surface area (Å²) in [5.74, 6) is 0.905. The van der Waals surface area contributed by atoms with Gasteiger partial charge >= 0.3 is 0 Å². The van der Waals surface area contributed by atoms with E-state index < -0.39 is 0 Å². The van der Waals surface area contributed by atoms with Crippen molar-refractivity contribution in [3.05, 3.63) is 38.3 Å². The van der Waals surface area contributed by atoms with Crippen molar-refractivity contribution in [2.75, 3.05) is 5.73 Å². The van der Waals surface area contributed by atoms with E-state index in [9.17, 15) is 0 Å². The first-order valence-electron chi connectivity index (χ1n) is 5.17. The Hall–Kier alpha value is -0.520. The Kier molecular flexibility index (Phi) is 4.12. The van der Waals surface area contributed by atoms with Crippen LogP contribution in [0.3, 0.4) is 0 Å². The number of nitrogen functional groups attached to an aromatic ring is 1. The van der Waals surface area contributed by atoms with Crippen molar-refractivity contribution in [1.29, 1.82) is 0 Å². The van der Waals surface area contributed by atoms with E-state index in [1.165, 1.54) is 14.8 Å². The molecule has 0 aliphatic heterocycles. The number of rotatable bonds is 3. The van der Waals surface area contributed by atoms with E-state index in [-0.39, 0.29) is 0 Å². The molecular weight excluding hydrogens is 316 g/mol. The first-order chi connectivity index (χ1) is 8.06. The van der Waals surface area contributed by atoms with Gasteiger partial charge in [0.15, 0.2) is 0 Å². The molecule has 0 fully saturated rings. The summed E-state index contributed by atoms with van der Waals surface area (Å²) in [7, 11) is 0. The standard InChI is InChI=1S/C12H13BrN2S2/c1-7-8(2)17-12(15-7)6-16-11-4-3-9(14)5-10(11)13/h3-5H,6,14H2,1-2H3. The molecule has 90 valence electrons. The predicted octanol–water partition coefficient (Wildman–Crippen LogP) is 4.40. The molecule has 0 aliphatic carbocycles. The molecule has 0 unspecified atom stereocenters. The second-order valence-electron chi connectivity index (χ2n) is 3.73. The number of hydrogen-bond acceptors (Lipinski definition) is 4. The summed E-state index contributed by atoms with van der Waals surface area (Å²) in [6, 6.07) is 5.89. The lowest BCUT2D eigenvalue weighted by Crippen LogP contribution is -1.85. The van der Waals surface area contributed by atoms with Crippen LogP contribution in [0.15, 0.2) is 27.6 Å². The minimum Gasteiger partial charge on any atom is -0.399 e. The lowest BCUT2D eigenvalue weighted by molar-refractivity contribution is 1.16. The third-order valence-electron chi connectivity index (χ3n) is 2.38. The first-order valence-corrected chi connectivity index (χ1v) is 7.76. The number of thiazole rings is 1. The third-order valence-corrected chi connectivity index (χ3v) is 5.64. The van der Waals surface area contributed by atoms with Crippen LogP contribution in [-0.2, 0) is 5.75 Å².